The number of nitrogens with one attached hydrogen (secondary N) is 1. The van der Waals surface area contributed by atoms with E-state index in [9.17, 15) is 0 Å². The number of aryl methyl sites for hydroxylation is 2. The quantitative estimate of drug-likeness (QED) is 0.873. The largest absolute Gasteiger partial charge is 0.316 e. The van der Waals surface area contributed by atoms with Crippen LogP contribution in [-0.2, 0) is 13.1 Å². The van der Waals surface area contributed by atoms with Crippen molar-refractivity contribution >= 4 is 0 Å². The zero-order valence-corrected chi connectivity index (χ0v) is 10.7. The molecule has 0 radical (unpaired) electrons. The highest BCUT2D eigenvalue weighted by Gasteiger charge is 2.11. The van der Waals surface area contributed by atoms with Crippen LogP contribution in [0.3, 0.4) is 0 Å². The molecule has 0 unspecified atom stereocenters. The molecule has 1 aromatic heterocycles. The molecule has 0 spiro atoms. The van der Waals surface area contributed by atoms with Crippen molar-refractivity contribution in [2.75, 3.05) is 7.05 Å². The minimum atomic E-state index is 0.850. The van der Waals surface area contributed by atoms with Gasteiger partial charge in [0.25, 0.3) is 0 Å². The lowest BCUT2D eigenvalue weighted by Crippen LogP contribution is -2.07. The van der Waals surface area contributed by atoms with Gasteiger partial charge in [0.05, 0.1) is 11.9 Å². The van der Waals surface area contributed by atoms with Gasteiger partial charge in [-0.1, -0.05) is 23.8 Å². The first-order valence-electron chi connectivity index (χ1n) is 6.02. The molecule has 17 heavy (non-hydrogen) atoms. The van der Waals surface area contributed by atoms with Crippen molar-refractivity contribution in [3.63, 3.8) is 0 Å². The van der Waals surface area contributed by atoms with Crippen LogP contribution in [0.4, 0.5) is 0 Å². The van der Waals surface area contributed by atoms with Gasteiger partial charge in [-0.2, -0.15) is 5.10 Å². The van der Waals surface area contributed by atoms with E-state index >= 15 is 0 Å². The van der Waals surface area contributed by atoms with Gasteiger partial charge < -0.3 is 5.32 Å². The van der Waals surface area contributed by atoms with Crippen molar-refractivity contribution in [1.82, 2.24) is 15.1 Å². The summed E-state index contributed by atoms with van der Waals surface area (Å²) >= 11 is 0. The molecule has 0 saturated carbocycles. The minimum absolute atomic E-state index is 0.850. The van der Waals surface area contributed by atoms with E-state index in [1.807, 2.05) is 13.2 Å². The topological polar surface area (TPSA) is 29.9 Å². The van der Waals surface area contributed by atoms with Gasteiger partial charge in [-0.15, -0.1) is 0 Å². The third kappa shape index (κ3) is 2.39. The summed E-state index contributed by atoms with van der Waals surface area (Å²) in [5, 5.41) is 7.63. The SMILES string of the molecule is CCn1ncc(CNC)c1-c1cccc(C)c1. The summed E-state index contributed by atoms with van der Waals surface area (Å²) in [4.78, 5) is 0. The highest BCUT2D eigenvalue weighted by molar-refractivity contribution is 5.64. The zero-order chi connectivity index (χ0) is 12.3. The molecule has 0 atom stereocenters. The number of nitrogens with zero attached hydrogens (tertiary/aromatic N) is 2. The second-order valence-electron chi connectivity index (χ2n) is 4.23. The van der Waals surface area contributed by atoms with E-state index in [-0.39, 0.29) is 0 Å². The van der Waals surface area contributed by atoms with E-state index in [1.165, 1.54) is 22.4 Å². The molecule has 1 heterocycles. The lowest BCUT2D eigenvalue weighted by molar-refractivity contribution is 0.666. The second-order valence-corrected chi connectivity index (χ2v) is 4.23. The number of benzene rings is 1. The Morgan fingerprint density at radius 2 is 2.18 bits per heavy atom. The van der Waals surface area contributed by atoms with Gasteiger partial charge >= 0.3 is 0 Å². The van der Waals surface area contributed by atoms with Crippen molar-refractivity contribution < 1.29 is 0 Å². The van der Waals surface area contributed by atoms with E-state index < -0.39 is 0 Å². The van der Waals surface area contributed by atoms with Crippen LogP contribution in [0.2, 0.25) is 0 Å². The fraction of sp³-hybridized carbons (Fsp3) is 0.357. The van der Waals surface area contributed by atoms with Gasteiger partial charge in [0, 0.05) is 24.2 Å². The van der Waals surface area contributed by atoms with Crippen molar-refractivity contribution in [2.24, 2.45) is 0 Å². The zero-order valence-electron chi connectivity index (χ0n) is 10.7. The van der Waals surface area contributed by atoms with Gasteiger partial charge in [0.15, 0.2) is 0 Å². The van der Waals surface area contributed by atoms with E-state index in [0.717, 1.165) is 13.1 Å². The third-order valence-corrected chi connectivity index (χ3v) is 2.87. The molecule has 1 aromatic carbocycles. The van der Waals surface area contributed by atoms with Crippen LogP contribution >= 0.6 is 0 Å². The maximum Gasteiger partial charge on any atom is 0.0727 e. The first-order valence-corrected chi connectivity index (χ1v) is 6.02. The standard InChI is InChI=1S/C14H19N3/c1-4-17-14(13(9-15-3)10-16-17)12-7-5-6-11(2)8-12/h5-8,10,15H,4,9H2,1-3H3. The average Bonchev–Trinajstić information content (AvgIpc) is 2.72. The summed E-state index contributed by atoms with van der Waals surface area (Å²) in [5.41, 5.74) is 5.00. The van der Waals surface area contributed by atoms with Crippen LogP contribution in [0.25, 0.3) is 11.3 Å². The van der Waals surface area contributed by atoms with Crippen LogP contribution in [0.5, 0.6) is 0 Å². The van der Waals surface area contributed by atoms with Crippen LogP contribution in [-0.4, -0.2) is 16.8 Å². The molecule has 0 aliphatic carbocycles. The van der Waals surface area contributed by atoms with Gasteiger partial charge in [0.2, 0.25) is 0 Å². The van der Waals surface area contributed by atoms with E-state index in [2.05, 4.69) is 53.2 Å². The lowest BCUT2D eigenvalue weighted by Gasteiger charge is -2.09. The fourth-order valence-corrected chi connectivity index (χ4v) is 2.11. The monoisotopic (exact) mass is 229 g/mol. The first kappa shape index (κ1) is 11.9. The predicted molar refractivity (Wildman–Crippen MR) is 70.8 cm³/mol. The summed E-state index contributed by atoms with van der Waals surface area (Å²) in [6.07, 6.45) is 1.96. The molecule has 2 rings (SSSR count). The normalized spacial score (nSPS) is 10.8. The Bertz CT molecular complexity index is 500. The number of hydrogen-bond donors (Lipinski definition) is 1. The fourth-order valence-electron chi connectivity index (χ4n) is 2.11. The van der Waals surface area contributed by atoms with Crippen LogP contribution in [0.15, 0.2) is 30.5 Å². The maximum absolute atomic E-state index is 4.44. The summed E-state index contributed by atoms with van der Waals surface area (Å²) in [7, 11) is 1.96. The maximum atomic E-state index is 4.44. The number of aromatic nitrogens is 2. The van der Waals surface area contributed by atoms with Crippen molar-refractivity contribution in [2.45, 2.75) is 26.9 Å². The van der Waals surface area contributed by atoms with Crippen molar-refractivity contribution in [3.8, 4) is 11.3 Å². The Kier molecular flexibility index (Phi) is 3.59. The highest BCUT2D eigenvalue weighted by atomic mass is 15.3. The summed E-state index contributed by atoms with van der Waals surface area (Å²) in [6, 6.07) is 8.58. The third-order valence-electron chi connectivity index (χ3n) is 2.87. The smallest absolute Gasteiger partial charge is 0.0727 e. The highest BCUT2D eigenvalue weighted by Crippen LogP contribution is 2.24. The molecule has 0 amide bonds. The molecule has 0 bridgehead atoms. The Balaban J connectivity index is 2.51. The summed E-state index contributed by atoms with van der Waals surface area (Å²) in [5.74, 6) is 0. The summed E-state index contributed by atoms with van der Waals surface area (Å²) in [6.45, 7) is 5.99. The molecule has 1 N–H and O–H groups in total. The lowest BCUT2D eigenvalue weighted by atomic mass is 10.1. The number of hydrogen-bond acceptors (Lipinski definition) is 2. The molecule has 3 nitrogen and oxygen atoms in total. The Morgan fingerprint density at radius 1 is 1.35 bits per heavy atom. The number of rotatable bonds is 4. The molecule has 0 aliphatic rings. The van der Waals surface area contributed by atoms with E-state index in [0.29, 0.717) is 0 Å². The predicted octanol–water partition coefficient (Wildman–Crippen LogP) is 2.60. The van der Waals surface area contributed by atoms with E-state index in [1.54, 1.807) is 0 Å². The van der Waals surface area contributed by atoms with Crippen molar-refractivity contribution in [3.05, 3.63) is 41.6 Å². The van der Waals surface area contributed by atoms with Gasteiger partial charge in [-0.05, 0) is 27.0 Å². The van der Waals surface area contributed by atoms with Crippen LogP contribution in [0, 0.1) is 6.92 Å². The van der Waals surface area contributed by atoms with Crippen LogP contribution in [0.1, 0.15) is 18.1 Å². The Morgan fingerprint density at radius 3 is 2.82 bits per heavy atom. The molecule has 0 fully saturated rings. The average molecular weight is 229 g/mol. The Labute approximate surface area is 102 Å². The van der Waals surface area contributed by atoms with E-state index in [4.69, 9.17) is 0 Å². The molecule has 90 valence electrons. The van der Waals surface area contributed by atoms with Gasteiger partial charge in [0.1, 0.15) is 0 Å². The van der Waals surface area contributed by atoms with Crippen molar-refractivity contribution in [1.29, 1.82) is 0 Å². The summed E-state index contributed by atoms with van der Waals surface area (Å²) < 4.78 is 2.06. The first-order chi connectivity index (χ1) is 8.26. The Hall–Kier alpha value is -1.61. The molecular weight excluding hydrogens is 210 g/mol. The molecule has 3 heteroatoms. The van der Waals surface area contributed by atoms with Gasteiger partial charge in [-0.3, -0.25) is 4.68 Å². The van der Waals surface area contributed by atoms with Crippen LogP contribution < -0.4 is 5.32 Å². The minimum Gasteiger partial charge on any atom is -0.316 e. The molecule has 0 aliphatic heterocycles. The molecule has 2 aromatic rings. The molecular formula is C14H19N3. The van der Waals surface area contributed by atoms with Gasteiger partial charge in [-0.25, -0.2) is 0 Å². The molecule has 0 saturated heterocycles. The second kappa shape index (κ2) is 5.15.